The van der Waals surface area contributed by atoms with Gasteiger partial charge in [-0.25, -0.2) is 4.79 Å². The summed E-state index contributed by atoms with van der Waals surface area (Å²) in [5, 5.41) is 32.7. The Kier molecular flexibility index (Phi) is 23.6. The predicted octanol–water partition coefficient (Wildman–Crippen LogP) is 6.59. The summed E-state index contributed by atoms with van der Waals surface area (Å²) in [4.78, 5) is 72.2. The molecule has 1 saturated carbocycles. The van der Waals surface area contributed by atoms with Crippen molar-refractivity contribution < 1.29 is 67.7 Å². The summed E-state index contributed by atoms with van der Waals surface area (Å²) in [6.45, 7) is 13.3. The van der Waals surface area contributed by atoms with E-state index < -0.39 is 77.8 Å². The number of methoxy groups -OCH3 is 3. The Balaban J connectivity index is 1.69. The number of ether oxygens (including phenoxy) is 6. The van der Waals surface area contributed by atoms with Gasteiger partial charge in [0, 0.05) is 71.7 Å². The fourth-order valence-electron chi connectivity index (χ4n) is 10.6. The normalized spacial score (nSPS) is 38.8. The molecule has 2 saturated heterocycles. The zero-order valence-electron chi connectivity index (χ0n) is 43.1. The monoisotopic (exact) mass is 972 g/mol. The maximum Gasteiger partial charge on any atom is 0.329 e. The highest BCUT2D eigenvalue weighted by atomic mass is 16.6. The maximum absolute atomic E-state index is 14.5. The molecule has 2 bridgehead atoms. The minimum atomic E-state index is -2.43. The first-order valence-corrected chi connectivity index (χ1v) is 25.5. The lowest BCUT2D eigenvalue weighted by Crippen LogP contribution is -2.61. The molecule has 0 aromatic carbocycles. The van der Waals surface area contributed by atoms with Gasteiger partial charge >= 0.3 is 5.97 Å². The summed E-state index contributed by atoms with van der Waals surface area (Å²) < 4.78 is 35.8. The third kappa shape index (κ3) is 16.0. The summed E-state index contributed by atoms with van der Waals surface area (Å²) >= 11 is 0. The number of piperidine rings is 1. The number of esters is 1. The van der Waals surface area contributed by atoms with Crippen LogP contribution in [0.1, 0.15) is 132 Å². The Labute approximate surface area is 411 Å². The summed E-state index contributed by atoms with van der Waals surface area (Å²) in [5.41, 5.74) is 1.27. The number of carbonyl (C=O) groups is 5. The molecule has 1 aliphatic carbocycles. The van der Waals surface area contributed by atoms with E-state index in [9.17, 15) is 39.3 Å². The Bertz CT molecular complexity index is 1830. The Morgan fingerprint density at radius 3 is 2.28 bits per heavy atom. The average Bonchev–Trinajstić information content (AvgIpc) is 3.33. The molecule has 3 N–H and O–H groups in total. The number of hydrogen-bond acceptors (Lipinski definition) is 14. The number of nitrogens with zero attached hydrogens (tertiary/aromatic N) is 1. The van der Waals surface area contributed by atoms with Gasteiger partial charge in [0.1, 0.15) is 30.1 Å². The summed E-state index contributed by atoms with van der Waals surface area (Å²) in [6.07, 6.45) is 12.7. The highest BCUT2D eigenvalue weighted by Crippen LogP contribution is 2.38. The number of rotatable bonds is 10. The van der Waals surface area contributed by atoms with Crippen LogP contribution in [0.25, 0.3) is 0 Å². The zero-order chi connectivity index (χ0) is 51.0. The van der Waals surface area contributed by atoms with Gasteiger partial charge in [0.25, 0.3) is 11.7 Å². The van der Waals surface area contributed by atoms with Crippen molar-refractivity contribution in [2.24, 2.45) is 35.5 Å². The van der Waals surface area contributed by atoms with Crippen LogP contribution in [0.3, 0.4) is 0 Å². The van der Waals surface area contributed by atoms with Crippen LogP contribution in [0, 0.1) is 35.5 Å². The molecule has 0 spiro atoms. The van der Waals surface area contributed by atoms with Crippen LogP contribution in [0.2, 0.25) is 0 Å². The molecule has 4 aliphatic rings. The van der Waals surface area contributed by atoms with Crippen LogP contribution >= 0.6 is 0 Å². The van der Waals surface area contributed by atoms with E-state index in [0.29, 0.717) is 70.0 Å². The molecule has 0 aromatic heterocycles. The molecular formula is C54H85NO14. The number of ketones is 3. The second-order valence-electron chi connectivity index (χ2n) is 20.5. The van der Waals surface area contributed by atoms with Crippen LogP contribution in [-0.4, -0.2) is 145 Å². The van der Waals surface area contributed by atoms with Gasteiger partial charge in [-0.1, -0.05) is 71.1 Å². The minimum absolute atomic E-state index is 0.0163. The molecule has 15 atom stereocenters. The molecule has 3 fully saturated rings. The quantitative estimate of drug-likeness (QED) is 0.0916. The topological polar surface area (TPSA) is 205 Å². The van der Waals surface area contributed by atoms with E-state index in [1.165, 1.54) is 12.0 Å². The van der Waals surface area contributed by atoms with Crippen LogP contribution in [0.4, 0.5) is 0 Å². The highest BCUT2D eigenvalue weighted by Gasteiger charge is 2.53. The second-order valence-corrected chi connectivity index (χ2v) is 20.5. The molecule has 0 aromatic rings. The molecule has 3 heterocycles. The summed E-state index contributed by atoms with van der Waals surface area (Å²) in [6, 6.07) is -1.14. The van der Waals surface area contributed by atoms with E-state index in [-0.39, 0.29) is 67.5 Å². The number of aliphatic hydroxyl groups excluding tert-OH is 2. The van der Waals surface area contributed by atoms with Crippen molar-refractivity contribution in [3.8, 4) is 0 Å². The minimum Gasteiger partial charge on any atom is -0.460 e. The number of fused-ring (bicyclic) bond motifs is 3. The number of hydrogen-bond donors (Lipinski definition) is 3. The third-order valence-corrected chi connectivity index (χ3v) is 15.1. The van der Waals surface area contributed by atoms with Crippen molar-refractivity contribution in [1.29, 1.82) is 0 Å². The predicted molar refractivity (Wildman–Crippen MR) is 261 cm³/mol. The molecule has 3 aliphatic heterocycles. The smallest absolute Gasteiger partial charge is 0.329 e. The van der Waals surface area contributed by atoms with Crippen molar-refractivity contribution in [3.05, 3.63) is 47.6 Å². The number of allylic oxidation sites excluding steroid dienone is 6. The van der Waals surface area contributed by atoms with Gasteiger partial charge in [0.05, 0.1) is 24.4 Å². The van der Waals surface area contributed by atoms with Crippen LogP contribution in [-0.2, 0) is 52.4 Å². The van der Waals surface area contributed by atoms with Gasteiger partial charge in [-0.2, -0.15) is 0 Å². The number of aliphatic hydroxyl groups is 3. The molecule has 1 amide bonds. The van der Waals surface area contributed by atoms with Crippen LogP contribution < -0.4 is 0 Å². The first kappa shape index (κ1) is 58.2. The lowest BCUT2D eigenvalue weighted by atomic mass is 9.78. The molecule has 0 unspecified atom stereocenters. The fraction of sp³-hybridized carbons (Fsp3) is 0.759. The van der Waals surface area contributed by atoms with Gasteiger partial charge in [-0.15, -0.1) is 0 Å². The molecule has 69 heavy (non-hydrogen) atoms. The number of carbonyl (C=O) groups excluding carboxylic acids is 5. The van der Waals surface area contributed by atoms with E-state index >= 15 is 0 Å². The number of amides is 1. The van der Waals surface area contributed by atoms with Gasteiger partial charge in [0.2, 0.25) is 5.79 Å². The van der Waals surface area contributed by atoms with Crippen LogP contribution in [0.5, 0.6) is 0 Å². The van der Waals surface area contributed by atoms with Crippen molar-refractivity contribution >= 4 is 29.2 Å². The molecule has 0 radical (unpaired) electrons. The van der Waals surface area contributed by atoms with E-state index in [1.54, 1.807) is 41.1 Å². The van der Waals surface area contributed by atoms with Gasteiger partial charge < -0.3 is 48.6 Å². The van der Waals surface area contributed by atoms with Gasteiger partial charge in [-0.05, 0) is 113 Å². The van der Waals surface area contributed by atoms with Crippen molar-refractivity contribution in [2.75, 3.05) is 41.1 Å². The molecule has 390 valence electrons. The lowest BCUT2D eigenvalue weighted by molar-refractivity contribution is -0.265. The van der Waals surface area contributed by atoms with Gasteiger partial charge in [-0.3, -0.25) is 19.2 Å². The first-order chi connectivity index (χ1) is 32.8. The van der Waals surface area contributed by atoms with Gasteiger partial charge in [0.15, 0.2) is 5.78 Å². The van der Waals surface area contributed by atoms with E-state index in [0.717, 1.165) is 18.4 Å². The second kappa shape index (κ2) is 28.0. The fourth-order valence-corrected chi connectivity index (χ4v) is 10.6. The lowest BCUT2D eigenvalue weighted by Gasteiger charge is -2.42. The maximum atomic E-state index is 14.5. The van der Waals surface area contributed by atoms with E-state index in [1.807, 2.05) is 58.1 Å². The molecule has 15 heteroatoms. The zero-order valence-corrected chi connectivity index (χ0v) is 43.1. The van der Waals surface area contributed by atoms with Crippen molar-refractivity contribution in [2.45, 2.75) is 186 Å². The Morgan fingerprint density at radius 2 is 1.59 bits per heavy atom. The SMILES string of the molecule is CO[C@H]1C[C@@H]2CC[C@@H](C)[C@@](O)(O2)C(=O)C(=O)N2CCCC[C@H]2C(=O)O[C@H]([C@H](C)C[C@H]2CC[C@@H](OCCCO)[C@H](OC)C2)CC(=O)[C@H](C)/C=C(\C)[C@@H](O)[C@@H](OC)C(=O)[C@H](C)C[C@H](C)/C=C/C=C/C=C/1C. The van der Waals surface area contributed by atoms with Crippen molar-refractivity contribution in [3.63, 3.8) is 0 Å². The average molecular weight is 972 g/mol. The molecule has 4 rings (SSSR count). The summed E-state index contributed by atoms with van der Waals surface area (Å²) in [7, 11) is 4.61. The Hall–Kier alpha value is -3.41. The van der Waals surface area contributed by atoms with E-state index in [4.69, 9.17) is 28.4 Å². The van der Waals surface area contributed by atoms with Crippen LogP contribution in [0.15, 0.2) is 47.6 Å². The largest absolute Gasteiger partial charge is 0.460 e. The summed E-state index contributed by atoms with van der Waals surface area (Å²) in [5.74, 6) is -7.92. The molecule has 15 nitrogen and oxygen atoms in total. The Morgan fingerprint density at radius 1 is 0.855 bits per heavy atom. The standard InChI is InChI=1S/C54H85NO14/c1-33-17-12-11-13-18-34(2)45(64-8)31-41-22-20-39(7)54(63,69-41)51(60)52(61)55-24-15-14-19-42(55)53(62)68-46(36(4)29-40-21-23-44(47(30-40)65-9)67-26-16-25-56)32-43(57)35(3)28-38(6)49(59)50(66-10)48(58)37(5)27-33/h11-13,17-18,28,33,35-37,39-42,44-47,49-50,56,59,63H,14-16,19-27,29-32H2,1-10H3/b13-11+,17-12+,34-18+,38-28+/t33-,35-,36-,37-,39-,40-,41+,42+,44-,45+,46+,47-,49-,50+,54-/m1/s1. The third-order valence-electron chi connectivity index (χ3n) is 15.1. The molecular weight excluding hydrogens is 887 g/mol. The number of Topliss-reactive ketones (excluding diaryl/α,β-unsaturated/α-hetero) is 3. The highest BCUT2D eigenvalue weighted by molar-refractivity contribution is 6.39. The number of cyclic esters (lactones) is 1. The first-order valence-electron chi connectivity index (χ1n) is 25.5. The van der Waals surface area contributed by atoms with Crippen molar-refractivity contribution in [1.82, 2.24) is 4.90 Å². The van der Waals surface area contributed by atoms with E-state index in [2.05, 4.69) is 0 Å².